The molecule has 1 aromatic rings. The second-order valence-electron chi connectivity index (χ2n) is 6.60. The molecule has 0 radical (unpaired) electrons. The fourth-order valence-electron chi connectivity index (χ4n) is 2.68. The molecule has 18 heavy (non-hydrogen) atoms. The predicted octanol–water partition coefficient (Wildman–Crippen LogP) is 4.01. The Kier molecular flexibility index (Phi) is 4.45. The summed E-state index contributed by atoms with van der Waals surface area (Å²) in [6, 6.07) is 9.21. The lowest BCUT2D eigenvalue weighted by Crippen LogP contribution is -2.20. The number of benzene rings is 1. The van der Waals surface area contributed by atoms with Gasteiger partial charge in [-0.05, 0) is 61.9 Å². The molecule has 0 spiro atoms. The Morgan fingerprint density at radius 3 is 2.17 bits per heavy atom. The summed E-state index contributed by atoms with van der Waals surface area (Å²) >= 11 is 0. The average Bonchev–Trinajstić information content (AvgIpc) is 2.82. The summed E-state index contributed by atoms with van der Waals surface area (Å²) in [4.78, 5) is 2.60. The molecule has 0 amide bonds. The summed E-state index contributed by atoms with van der Waals surface area (Å²) in [6.07, 6.45) is 5.33. The molecule has 0 unspecified atom stereocenters. The van der Waals surface area contributed by atoms with Gasteiger partial charge in [-0.15, -0.1) is 0 Å². The van der Waals surface area contributed by atoms with Crippen LogP contribution in [-0.2, 0) is 11.8 Å². The van der Waals surface area contributed by atoms with Crippen molar-refractivity contribution in [1.82, 2.24) is 4.90 Å². The van der Waals surface area contributed by atoms with Crippen LogP contribution in [0.25, 0.3) is 0 Å². The molecule has 100 valence electrons. The van der Waals surface area contributed by atoms with Gasteiger partial charge in [0.1, 0.15) is 0 Å². The first-order valence-corrected chi connectivity index (χ1v) is 7.37. The molecular weight excluding hydrogens is 218 g/mol. The van der Waals surface area contributed by atoms with Gasteiger partial charge in [-0.2, -0.15) is 0 Å². The van der Waals surface area contributed by atoms with E-state index in [0.717, 1.165) is 0 Å². The van der Waals surface area contributed by atoms with Gasteiger partial charge in [0.15, 0.2) is 0 Å². The van der Waals surface area contributed by atoms with Crippen molar-refractivity contribution >= 4 is 0 Å². The van der Waals surface area contributed by atoms with Crippen LogP contribution in [-0.4, -0.2) is 24.5 Å². The van der Waals surface area contributed by atoms with Crippen LogP contribution in [0, 0.1) is 0 Å². The van der Waals surface area contributed by atoms with E-state index in [1.807, 2.05) is 0 Å². The van der Waals surface area contributed by atoms with Crippen molar-refractivity contribution in [1.29, 1.82) is 0 Å². The van der Waals surface area contributed by atoms with Gasteiger partial charge in [-0.3, -0.25) is 0 Å². The van der Waals surface area contributed by atoms with E-state index >= 15 is 0 Å². The molecular formula is C17H27N. The van der Waals surface area contributed by atoms with Crippen molar-refractivity contribution in [2.45, 2.75) is 51.9 Å². The summed E-state index contributed by atoms with van der Waals surface area (Å²) in [5, 5.41) is 0. The average molecular weight is 245 g/mol. The Morgan fingerprint density at radius 1 is 1.00 bits per heavy atom. The van der Waals surface area contributed by atoms with Gasteiger partial charge in [0.05, 0.1) is 0 Å². The zero-order chi connectivity index (χ0) is 13.0. The molecule has 0 aliphatic carbocycles. The number of rotatable bonds is 4. The van der Waals surface area contributed by atoms with Crippen LogP contribution in [0.15, 0.2) is 24.3 Å². The first kappa shape index (κ1) is 13.6. The highest BCUT2D eigenvalue weighted by Crippen LogP contribution is 2.22. The standard InChI is InChI=1S/C17H27N/c1-17(2,3)16-10-8-15(9-11-16)7-6-14-18-12-4-5-13-18/h8-11H,4-7,12-14H2,1-3H3. The molecule has 1 nitrogen and oxygen atoms in total. The van der Waals surface area contributed by atoms with Gasteiger partial charge in [0.2, 0.25) is 0 Å². The van der Waals surface area contributed by atoms with E-state index in [-0.39, 0.29) is 5.41 Å². The van der Waals surface area contributed by atoms with Crippen molar-refractivity contribution in [3.8, 4) is 0 Å². The zero-order valence-electron chi connectivity index (χ0n) is 12.2. The minimum Gasteiger partial charge on any atom is -0.303 e. The molecule has 1 fully saturated rings. The van der Waals surface area contributed by atoms with E-state index in [2.05, 4.69) is 49.9 Å². The lowest BCUT2D eigenvalue weighted by molar-refractivity contribution is 0.334. The summed E-state index contributed by atoms with van der Waals surface area (Å²) < 4.78 is 0. The molecule has 0 aromatic heterocycles. The maximum Gasteiger partial charge on any atom is -0.00156 e. The molecule has 1 saturated heterocycles. The quantitative estimate of drug-likeness (QED) is 0.774. The molecule has 0 atom stereocenters. The molecule has 1 heteroatoms. The molecule has 0 N–H and O–H groups in total. The van der Waals surface area contributed by atoms with Crippen LogP contribution in [0.4, 0.5) is 0 Å². The van der Waals surface area contributed by atoms with Crippen molar-refractivity contribution in [2.24, 2.45) is 0 Å². The van der Waals surface area contributed by atoms with Crippen LogP contribution in [0.5, 0.6) is 0 Å². The number of hydrogen-bond donors (Lipinski definition) is 0. The fourth-order valence-corrected chi connectivity index (χ4v) is 2.68. The largest absolute Gasteiger partial charge is 0.303 e. The van der Waals surface area contributed by atoms with E-state index in [1.54, 1.807) is 0 Å². The summed E-state index contributed by atoms with van der Waals surface area (Å²) in [5.74, 6) is 0. The molecule has 1 aliphatic rings. The van der Waals surface area contributed by atoms with Crippen molar-refractivity contribution in [3.63, 3.8) is 0 Å². The molecule has 1 aliphatic heterocycles. The van der Waals surface area contributed by atoms with Gasteiger partial charge in [0.25, 0.3) is 0 Å². The first-order valence-electron chi connectivity index (χ1n) is 7.37. The fraction of sp³-hybridized carbons (Fsp3) is 0.647. The van der Waals surface area contributed by atoms with Gasteiger partial charge in [-0.1, -0.05) is 45.0 Å². The third-order valence-electron chi connectivity index (χ3n) is 3.96. The Morgan fingerprint density at radius 2 is 1.61 bits per heavy atom. The van der Waals surface area contributed by atoms with Crippen molar-refractivity contribution in [3.05, 3.63) is 35.4 Å². The third-order valence-corrected chi connectivity index (χ3v) is 3.96. The molecule has 1 aromatic carbocycles. The summed E-state index contributed by atoms with van der Waals surface area (Å²) in [7, 11) is 0. The molecule has 2 rings (SSSR count). The van der Waals surface area contributed by atoms with E-state index in [1.165, 1.54) is 56.4 Å². The van der Waals surface area contributed by atoms with Crippen molar-refractivity contribution < 1.29 is 0 Å². The highest BCUT2D eigenvalue weighted by Gasteiger charge is 2.13. The van der Waals surface area contributed by atoms with Gasteiger partial charge < -0.3 is 4.90 Å². The Bertz CT molecular complexity index is 352. The maximum absolute atomic E-state index is 2.60. The SMILES string of the molecule is CC(C)(C)c1ccc(CCCN2CCCC2)cc1. The Balaban J connectivity index is 1.79. The van der Waals surface area contributed by atoms with Gasteiger partial charge >= 0.3 is 0 Å². The molecule has 0 saturated carbocycles. The highest BCUT2D eigenvalue weighted by molar-refractivity contribution is 5.27. The minimum atomic E-state index is 0.272. The predicted molar refractivity (Wildman–Crippen MR) is 79.1 cm³/mol. The monoisotopic (exact) mass is 245 g/mol. The number of hydrogen-bond acceptors (Lipinski definition) is 1. The lowest BCUT2D eigenvalue weighted by Gasteiger charge is -2.19. The summed E-state index contributed by atoms with van der Waals surface area (Å²) in [6.45, 7) is 10.7. The molecule has 0 bridgehead atoms. The zero-order valence-corrected chi connectivity index (χ0v) is 12.2. The van der Waals surface area contributed by atoms with Crippen LogP contribution < -0.4 is 0 Å². The summed E-state index contributed by atoms with van der Waals surface area (Å²) in [5.41, 5.74) is 3.20. The third kappa shape index (κ3) is 3.84. The van der Waals surface area contributed by atoms with Gasteiger partial charge in [-0.25, -0.2) is 0 Å². The normalized spacial score (nSPS) is 17.3. The maximum atomic E-state index is 2.60. The number of nitrogens with zero attached hydrogens (tertiary/aromatic N) is 1. The van der Waals surface area contributed by atoms with E-state index in [0.29, 0.717) is 0 Å². The van der Waals surface area contributed by atoms with Crippen LogP contribution in [0.3, 0.4) is 0 Å². The highest BCUT2D eigenvalue weighted by atomic mass is 15.1. The van der Waals surface area contributed by atoms with Crippen LogP contribution >= 0.6 is 0 Å². The second-order valence-corrected chi connectivity index (χ2v) is 6.60. The van der Waals surface area contributed by atoms with E-state index in [4.69, 9.17) is 0 Å². The van der Waals surface area contributed by atoms with Crippen LogP contribution in [0.2, 0.25) is 0 Å². The first-order chi connectivity index (χ1) is 8.55. The Hall–Kier alpha value is -0.820. The minimum absolute atomic E-state index is 0.272. The Labute approximate surface area is 112 Å². The topological polar surface area (TPSA) is 3.24 Å². The smallest absolute Gasteiger partial charge is 0.00156 e. The second kappa shape index (κ2) is 5.88. The van der Waals surface area contributed by atoms with Gasteiger partial charge in [0, 0.05) is 0 Å². The molecule has 1 heterocycles. The van der Waals surface area contributed by atoms with Crippen molar-refractivity contribution in [2.75, 3.05) is 19.6 Å². The number of aryl methyl sites for hydroxylation is 1. The van der Waals surface area contributed by atoms with Crippen LogP contribution in [0.1, 0.15) is 51.2 Å². The van der Waals surface area contributed by atoms with E-state index < -0.39 is 0 Å². The lowest BCUT2D eigenvalue weighted by atomic mass is 9.86. The number of likely N-dealkylation sites (tertiary alicyclic amines) is 1. The van der Waals surface area contributed by atoms with E-state index in [9.17, 15) is 0 Å².